The molecular weight excluding hydrogens is 326 g/mol. The summed E-state index contributed by atoms with van der Waals surface area (Å²) in [5, 5.41) is 1.32. The molecule has 1 saturated carbocycles. The Hall–Kier alpha value is -2.15. The Morgan fingerprint density at radius 3 is 2.44 bits per heavy atom. The molecule has 2 aromatic carbocycles. The van der Waals surface area contributed by atoms with Crippen LogP contribution >= 0.6 is 0 Å². The summed E-state index contributed by atoms with van der Waals surface area (Å²) in [6, 6.07) is 18.7. The van der Waals surface area contributed by atoms with Crippen LogP contribution in [0.5, 0.6) is 0 Å². The van der Waals surface area contributed by atoms with E-state index in [2.05, 4.69) is 80.9 Å². The number of fused-ring (bicyclic) bond motifs is 1. The first-order valence-electron chi connectivity index (χ1n) is 10.6. The molecule has 1 heterocycles. The highest BCUT2D eigenvalue weighted by Gasteiger charge is 2.21. The Morgan fingerprint density at radius 2 is 1.70 bits per heavy atom. The molecule has 140 valence electrons. The van der Waals surface area contributed by atoms with E-state index in [4.69, 9.17) is 0 Å². The van der Waals surface area contributed by atoms with Crippen molar-refractivity contribution in [2.45, 2.75) is 58.8 Å². The molecule has 0 bridgehead atoms. The maximum absolute atomic E-state index is 2.46. The van der Waals surface area contributed by atoms with Gasteiger partial charge in [0.15, 0.2) is 0 Å². The fourth-order valence-corrected chi connectivity index (χ4v) is 4.73. The van der Waals surface area contributed by atoms with Gasteiger partial charge in [0, 0.05) is 23.1 Å². The summed E-state index contributed by atoms with van der Waals surface area (Å²) in [4.78, 5) is 0. The van der Waals surface area contributed by atoms with E-state index in [1.807, 2.05) is 0 Å². The molecule has 0 saturated heterocycles. The maximum atomic E-state index is 2.46. The standard InChI is InChI=1S/C26H32N/c1-18(2)15-20-10-12-22-13-14-25(27(4)26(22)16-20)24-17-23(11-9-19(24)3)21-7-5-6-8-21/h9-14,16-18,21H,5-8,15H2,1-4H3/q+1. The van der Waals surface area contributed by atoms with Crippen molar-refractivity contribution in [3.05, 3.63) is 65.2 Å². The van der Waals surface area contributed by atoms with Crippen LogP contribution in [0, 0.1) is 12.8 Å². The fourth-order valence-electron chi connectivity index (χ4n) is 4.73. The molecule has 0 atom stereocenters. The Labute approximate surface area is 164 Å². The van der Waals surface area contributed by atoms with Crippen LogP contribution in [0.25, 0.3) is 22.2 Å². The lowest BCUT2D eigenvalue weighted by Gasteiger charge is -2.13. The van der Waals surface area contributed by atoms with Gasteiger partial charge < -0.3 is 0 Å². The lowest BCUT2D eigenvalue weighted by molar-refractivity contribution is -0.633. The number of aryl methyl sites for hydroxylation is 2. The molecular formula is C26H32N+. The quantitative estimate of drug-likeness (QED) is 0.469. The average molecular weight is 359 g/mol. The van der Waals surface area contributed by atoms with Gasteiger partial charge in [0.1, 0.15) is 7.05 Å². The van der Waals surface area contributed by atoms with Gasteiger partial charge >= 0.3 is 0 Å². The van der Waals surface area contributed by atoms with Crippen LogP contribution in [0.4, 0.5) is 0 Å². The maximum Gasteiger partial charge on any atom is 0.213 e. The minimum absolute atomic E-state index is 0.682. The molecule has 1 fully saturated rings. The normalized spacial score (nSPS) is 15.1. The lowest BCUT2D eigenvalue weighted by atomic mass is 9.92. The highest BCUT2D eigenvalue weighted by Crippen LogP contribution is 2.36. The third-order valence-electron chi connectivity index (χ3n) is 6.25. The van der Waals surface area contributed by atoms with E-state index < -0.39 is 0 Å². The van der Waals surface area contributed by atoms with E-state index in [1.165, 1.54) is 64.5 Å². The smallest absolute Gasteiger partial charge is 0.194 e. The molecule has 0 unspecified atom stereocenters. The minimum atomic E-state index is 0.682. The summed E-state index contributed by atoms with van der Waals surface area (Å²) in [5.74, 6) is 1.44. The van der Waals surface area contributed by atoms with Crippen molar-refractivity contribution in [1.29, 1.82) is 0 Å². The Kier molecular flexibility index (Phi) is 5.04. The molecule has 0 N–H and O–H groups in total. The second kappa shape index (κ2) is 7.46. The van der Waals surface area contributed by atoms with Gasteiger partial charge in [-0.25, -0.2) is 0 Å². The molecule has 3 aromatic rings. The summed E-state index contributed by atoms with van der Waals surface area (Å²) >= 11 is 0. The number of rotatable bonds is 4. The summed E-state index contributed by atoms with van der Waals surface area (Å²) in [7, 11) is 2.22. The molecule has 0 radical (unpaired) electrons. The monoisotopic (exact) mass is 358 g/mol. The Balaban J connectivity index is 1.81. The highest BCUT2D eigenvalue weighted by molar-refractivity contribution is 5.78. The summed E-state index contributed by atoms with van der Waals surface area (Å²) in [6.45, 7) is 6.82. The van der Waals surface area contributed by atoms with E-state index >= 15 is 0 Å². The number of hydrogen-bond acceptors (Lipinski definition) is 0. The van der Waals surface area contributed by atoms with Crippen molar-refractivity contribution >= 4 is 10.9 Å². The van der Waals surface area contributed by atoms with Crippen molar-refractivity contribution in [3.63, 3.8) is 0 Å². The van der Waals surface area contributed by atoms with Gasteiger partial charge in [0.25, 0.3) is 0 Å². The molecule has 0 amide bonds. The largest absolute Gasteiger partial charge is 0.213 e. The van der Waals surface area contributed by atoms with Crippen LogP contribution in [0.3, 0.4) is 0 Å². The number of aromatic nitrogens is 1. The summed E-state index contributed by atoms with van der Waals surface area (Å²) in [6.07, 6.45) is 6.61. The molecule has 1 aliphatic carbocycles. The van der Waals surface area contributed by atoms with E-state index in [9.17, 15) is 0 Å². The zero-order valence-electron chi connectivity index (χ0n) is 17.3. The van der Waals surface area contributed by atoms with Crippen molar-refractivity contribution in [1.82, 2.24) is 0 Å². The lowest BCUT2D eigenvalue weighted by Crippen LogP contribution is -2.32. The summed E-state index contributed by atoms with van der Waals surface area (Å²) < 4.78 is 2.39. The fraction of sp³-hybridized carbons (Fsp3) is 0.423. The third kappa shape index (κ3) is 3.65. The van der Waals surface area contributed by atoms with E-state index in [0.29, 0.717) is 5.92 Å². The van der Waals surface area contributed by atoms with Gasteiger partial charge in [-0.3, -0.25) is 0 Å². The molecule has 4 rings (SSSR count). The zero-order valence-corrected chi connectivity index (χ0v) is 17.3. The molecule has 1 heteroatoms. The van der Waals surface area contributed by atoms with Crippen molar-refractivity contribution < 1.29 is 4.57 Å². The first kappa shape index (κ1) is 18.2. The van der Waals surface area contributed by atoms with E-state index in [1.54, 1.807) is 0 Å². The third-order valence-corrected chi connectivity index (χ3v) is 6.25. The molecule has 0 aliphatic heterocycles. The number of nitrogens with zero attached hydrogens (tertiary/aromatic N) is 1. The van der Waals surface area contributed by atoms with Crippen LogP contribution in [0.15, 0.2) is 48.5 Å². The predicted octanol–water partition coefficient (Wildman–Crippen LogP) is 6.50. The van der Waals surface area contributed by atoms with Gasteiger partial charge in [0.05, 0.1) is 0 Å². The first-order valence-corrected chi connectivity index (χ1v) is 10.6. The van der Waals surface area contributed by atoms with Gasteiger partial charge in [0.2, 0.25) is 11.2 Å². The minimum Gasteiger partial charge on any atom is -0.194 e. The zero-order chi connectivity index (χ0) is 19.0. The first-order chi connectivity index (χ1) is 13.0. The number of pyridine rings is 1. The Morgan fingerprint density at radius 1 is 0.963 bits per heavy atom. The molecule has 1 aromatic heterocycles. The summed E-state index contributed by atoms with van der Waals surface area (Å²) in [5.41, 5.74) is 8.37. The molecule has 27 heavy (non-hydrogen) atoms. The van der Waals surface area contributed by atoms with E-state index in [0.717, 1.165) is 12.3 Å². The second-order valence-electron chi connectivity index (χ2n) is 8.82. The van der Waals surface area contributed by atoms with Crippen LogP contribution in [0.1, 0.15) is 62.1 Å². The van der Waals surface area contributed by atoms with Crippen LogP contribution in [-0.2, 0) is 13.5 Å². The van der Waals surface area contributed by atoms with Gasteiger partial charge in [-0.05, 0) is 72.9 Å². The van der Waals surface area contributed by atoms with Gasteiger partial charge in [-0.1, -0.05) is 44.9 Å². The van der Waals surface area contributed by atoms with E-state index in [-0.39, 0.29) is 0 Å². The van der Waals surface area contributed by atoms with Crippen molar-refractivity contribution in [2.75, 3.05) is 0 Å². The predicted molar refractivity (Wildman–Crippen MR) is 115 cm³/mol. The van der Waals surface area contributed by atoms with Crippen molar-refractivity contribution in [3.8, 4) is 11.3 Å². The molecule has 0 spiro atoms. The van der Waals surface area contributed by atoms with Gasteiger partial charge in [-0.2, -0.15) is 4.57 Å². The van der Waals surface area contributed by atoms with Crippen LogP contribution in [0.2, 0.25) is 0 Å². The van der Waals surface area contributed by atoms with Crippen LogP contribution in [-0.4, -0.2) is 0 Å². The average Bonchev–Trinajstić information content (AvgIpc) is 3.17. The van der Waals surface area contributed by atoms with Crippen LogP contribution < -0.4 is 4.57 Å². The molecule has 1 aliphatic rings. The number of benzene rings is 2. The second-order valence-corrected chi connectivity index (χ2v) is 8.82. The topological polar surface area (TPSA) is 3.88 Å². The molecule has 1 nitrogen and oxygen atoms in total. The SMILES string of the molecule is Cc1ccc(C2CCCC2)cc1-c1ccc2ccc(CC(C)C)cc2[n+]1C. The highest BCUT2D eigenvalue weighted by atomic mass is 14.9. The van der Waals surface area contributed by atoms with Crippen molar-refractivity contribution in [2.24, 2.45) is 13.0 Å². The number of hydrogen-bond donors (Lipinski definition) is 0. The Bertz CT molecular complexity index is 961. The van der Waals surface area contributed by atoms with Gasteiger partial charge in [-0.15, -0.1) is 0 Å².